The quantitative estimate of drug-likeness (QED) is 0.307. The van der Waals surface area contributed by atoms with Gasteiger partial charge in [-0.3, -0.25) is 4.79 Å². The summed E-state index contributed by atoms with van der Waals surface area (Å²) in [5.74, 6) is -0.312. The molecule has 0 amide bonds. The molecule has 0 saturated heterocycles. The molecule has 0 radical (unpaired) electrons. The molecule has 0 aliphatic carbocycles. The van der Waals surface area contributed by atoms with Gasteiger partial charge < -0.3 is 4.74 Å². The van der Waals surface area contributed by atoms with E-state index < -0.39 is 0 Å². The zero-order valence-corrected chi connectivity index (χ0v) is 12.1. The number of hydrogen-bond donors (Lipinski definition) is 0. The Morgan fingerprint density at radius 1 is 1.00 bits per heavy atom. The Balaban J connectivity index is 3.58. The summed E-state index contributed by atoms with van der Waals surface area (Å²) in [5.41, 5.74) is 0. The van der Waals surface area contributed by atoms with Gasteiger partial charge in [-0.2, -0.15) is 0 Å². The molecule has 0 heterocycles. The largest absolute Gasteiger partial charge is 0.461 e. The van der Waals surface area contributed by atoms with E-state index in [1.165, 1.54) is 32.1 Å². The molecule has 0 N–H and O–H groups in total. The van der Waals surface area contributed by atoms with Gasteiger partial charge in [0, 0.05) is 0 Å². The van der Waals surface area contributed by atoms with Crippen molar-refractivity contribution >= 4 is 17.6 Å². The second-order valence-corrected chi connectivity index (χ2v) is 4.86. The monoisotopic (exact) mass is 262 g/mol. The van der Waals surface area contributed by atoms with E-state index in [1.54, 1.807) is 0 Å². The van der Waals surface area contributed by atoms with Crippen molar-refractivity contribution in [3.63, 3.8) is 0 Å². The van der Waals surface area contributed by atoms with Gasteiger partial charge in [0.25, 0.3) is 0 Å². The third-order valence-corrected chi connectivity index (χ3v) is 3.12. The van der Waals surface area contributed by atoms with E-state index >= 15 is 0 Å². The Labute approximate surface area is 111 Å². The van der Waals surface area contributed by atoms with E-state index in [0.717, 1.165) is 25.7 Å². The molecule has 0 saturated carbocycles. The van der Waals surface area contributed by atoms with Crippen LogP contribution in [0.2, 0.25) is 0 Å². The molecule has 1 atom stereocenters. The van der Waals surface area contributed by atoms with Gasteiger partial charge >= 0.3 is 5.97 Å². The minimum absolute atomic E-state index is 0.0310. The lowest BCUT2D eigenvalue weighted by atomic mass is 10.0. The molecular formula is C14H27ClO2. The molecule has 0 aliphatic rings. The first-order valence-electron chi connectivity index (χ1n) is 7.00. The molecule has 0 aromatic heterocycles. The first kappa shape index (κ1) is 16.8. The fourth-order valence-corrected chi connectivity index (χ4v) is 2.02. The fourth-order valence-electron chi connectivity index (χ4n) is 1.95. The van der Waals surface area contributed by atoms with Crippen LogP contribution >= 0.6 is 11.6 Å². The number of carbonyl (C=O) groups is 1. The highest BCUT2D eigenvalue weighted by Gasteiger charge is 2.12. The van der Waals surface area contributed by atoms with Crippen LogP contribution in [0.3, 0.4) is 0 Å². The van der Waals surface area contributed by atoms with E-state index in [2.05, 4.69) is 13.8 Å². The zero-order valence-electron chi connectivity index (χ0n) is 11.3. The maximum absolute atomic E-state index is 11.1. The maximum atomic E-state index is 11.1. The number of alkyl halides is 1. The molecule has 0 aromatic carbocycles. The van der Waals surface area contributed by atoms with Gasteiger partial charge in [-0.1, -0.05) is 52.4 Å². The number of hydrogen-bond acceptors (Lipinski definition) is 2. The van der Waals surface area contributed by atoms with Crippen LogP contribution in [0, 0.1) is 0 Å². The lowest BCUT2D eigenvalue weighted by Gasteiger charge is -2.16. The van der Waals surface area contributed by atoms with Gasteiger partial charge in [-0.15, -0.1) is 11.6 Å². The molecule has 0 spiro atoms. The van der Waals surface area contributed by atoms with Gasteiger partial charge in [0.15, 0.2) is 0 Å². The Kier molecular flexibility index (Phi) is 12.1. The molecule has 3 heteroatoms. The Hall–Kier alpha value is -0.240. The third kappa shape index (κ3) is 10.6. The number of carbonyl (C=O) groups excluding carboxylic acids is 1. The SMILES string of the molecule is CCCCCCCCC(CCC)OC(=O)CCl. The topological polar surface area (TPSA) is 26.3 Å². The molecule has 0 rings (SSSR count). The smallest absolute Gasteiger partial charge is 0.321 e. The Morgan fingerprint density at radius 3 is 2.24 bits per heavy atom. The summed E-state index contributed by atoms with van der Waals surface area (Å²) in [4.78, 5) is 11.1. The molecule has 102 valence electrons. The van der Waals surface area contributed by atoms with Gasteiger partial charge in [0.05, 0.1) is 0 Å². The van der Waals surface area contributed by atoms with Crippen molar-refractivity contribution in [3.05, 3.63) is 0 Å². The van der Waals surface area contributed by atoms with Gasteiger partial charge in [-0.25, -0.2) is 0 Å². The molecule has 0 aliphatic heterocycles. The second kappa shape index (κ2) is 12.2. The van der Waals surface area contributed by atoms with Crippen LogP contribution in [0.4, 0.5) is 0 Å². The predicted octanol–water partition coefficient (Wildman–Crippen LogP) is 4.69. The van der Waals surface area contributed by atoms with Crippen LogP contribution < -0.4 is 0 Å². The summed E-state index contributed by atoms with van der Waals surface area (Å²) in [6.07, 6.45) is 10.7. The molecule has 17 heavy (non-hydrogen) atoms. The zero-order chi connectivity index (χ0) is 12.9. The fraction of sp³-hybridized carbons (Fsp3) is 0.929. The number of halogens is 1. The molecule has 0 fully saturated rings. The molecule has 0 bridgehead atoms. The minimum Gasteiger partial charge on any atom is -0.461 e. The minimum atomic E-state index is -0.281. The van der Waals surface area contributed by atoms with E-state index in [4.69, 9.17) is 16.3 Å². The summed E-state index contributed by atoms with van der Waals surface area (Å²) in [6.45, 7) is 4.34. The lowest BCUT2D eigenvalue weighted by Crippen LogP contribution is -2.18. The normalized spacial score (nSPS) is 12.4. The average Bonchev–Trinajstić information content (AvgIpc) is 2.33. The van der Waals surface area contributed by atoms with E-state index in [-0.39, 0.29) is 18.0 Å². The highest BCUT2D eigenvalue weighted by Crippen LogP contribution is 2.14. The Bertz CT molecular complexity index is 183. The summed E-state index contributed by atoms with van der Waals surface area (Å²) < 4.78 is 5.30. The van der Waals surface area contributed by atoms with Crippen molar-refractivity contribution in [3.8, 4) is 0 Å². The van der Waals surface area contributed by atoms with Crippen LogP contribution in [0.15, 0.2) is 0 Å². The third-order valence-electron chi connectivity index (χ3n) is 2.90. The first-order chi connectivity index (χ1) is 8.24. The van der Waals surface area contributed by atoms with Gasteiger partial charge in [-0.05, 0) is 19.3 Å². The van der Waals surface area contributed by atoms with Crippen LogP contribution in [0.5, 0.6) is 0 Å². The summed E-state index contributed by atoms with van der Waals surface area (Å²) in [6, 6.07) is 0. The molecule has 2 nitrogen and oxygen atoms in total. The van der Waals surface area contributed by atoms with E-state index in [0.29, 0.717) is 0 Å². The number of esters is 1. The molecular weight excluding hydrogens is 236 g/mol. The number of rotatable bonds is 11. The summed E-state index contributed by atoms with van der Waals surface area (Å²) in [7, 11) is 0. The maximum Gasteiger partial charge on any atom is 0.321 e. The highest BCUT2D eigenvalue weighted by molar-refractivity contribution is 6.26. The molecule has 0 aromatic rings. The first-order valence-corrected chi connectivity index (χ1v) is 7.53. The lowest BCUT2D eigenvalue weighted by molar-refractivity contribution is -0.146. The van der Waals surface area contributed by atoms with Crippen LogP contribution in [0.25, 0.3) is 0 Å². The summed E-state index contributed by atoms with van der Waals surface area (Å²) >= 11 is 5.44. The highest BCUT2D eigenvalue weighted by atomic mass is 35.5. The molecule has 1 unspecified atom stereocenters. The van der Waals surface area contributed by atoms with Gasteiger partial charge in [0.2, 0.25) is 0 Å². The van der Waals surface area contributed by atoms with Gasteiger partial charge in [0.1, 0.15) is 12.0 Å². The number of unbranched alkanes of at least 4 members (excludes halogenated alkanes) is 5. The average molecular weight is 263 g/mol. The van der Waals surface area contributed by atoms with Crippen molar-refractivity contribution in [2.75, 3.05) is 5.88 Å². The van der Waals surface area contributed by atoms with Crippen molar-refractivity contribution in [1.29, 1.82) is 0 Å². The second-order valence-electron chi connectivity index (χ2n) is 4.59. The van der Waals surface area contributed by atoms with Crippen molar-refractivity contribution in [2.24, 2.45) is 0 Å². The van der Waals surface area contributed by atoms with E-state index in [1.807, 2.05) is 0 Å². The predicted molar refractivity (Wildman–Crippen MR) is 73.5 cm³/mol. The Morgan fingerprint density at radius 2 is 1.65 bits per heavy atom. The van der Waals surface area contributed by atoms with Crippen molar-refractivity contribution in [2.45, 2.75) is 77.7 Å². The summed E-state index contributed by atoms with van der Waals surface area (Å²) in [5, 5.41) is 0. The van der Waals surface area contributed by atoms with Crippen LogP contribution in [-0.4, -0.2) is 18.0 Å². The van der Waals surface area contributed by atoms with Crippen LogP contribution in [-0.2, 0) is 9.53 Å². The van der Waals surface area contributed by atoms with Crippen molar-refractivity contribution < 1.29 is 9.53 Å². The van der Waals surface area contributed by atoms with Crippen LogP contribution in [0.1, 0.15) is 71.6 Å². The number of ether oxygens (including phenoxy) is 1. The van der Waals surface area contributed by atoms with Crippen molar-refractivity contribution in [1.82, 2.24) is 0 Å². The standard InChI is InChI=1S/C14H27ClO2/c1-3-5-6-7-8-9-11-13(10-4-2)17-14(16)12-15/h13H,3-12H2,1-2H3. The van der Waals surface area contributed by atoms with E-state index in [9.17, 15) is 4.79 Å².